The van der Waals surface area contributed by atoms with E-state index in [1.807, 2.05) is 0 Å². The summed E-state index contributed by atoms with van der Waals surface area (Å²) in [7, 11) is -1.82. The topological polar surface area (TPSA) is 47.9 Å². The van der Waals surface area contributed by atoms with E-state index >= 15 is 0 Å². The molecule has 10 atom stereocenters. The highest BCUT2D eigenvalue weighted by Crippen LogP contribution is 2.69. The Balaban J connectivity index is 1.49. The number of aliphatic hydroxyl groups excluding tert-OH is 1. The third kappa shape index (κ3) is 3.65. The quantitative estimate of drug-likeness (QED) is 0.459. The molecule has 1 saturated heterocycles. The monoisotopic (exact) mass is 478 g/mol. The van der Waals surface area contributed by atoms with Crippen LogP contribution >= 0.6 is 0 Å². The van der Waals surface area contributed by atoms with E-state index in [1.54, 1.807) is 0 Å². The Bertz CT molecular complexity index is 774. The first kappa shape index (κ1) is 24.7. The molecule has 4 saturated carbocycles. The fraction of sp³-hybridized carbons (Fsp3) is 1.00. The van der Waals surface area contributed by atoms with Gasteiger partial charge in [0.25, 0.3) is 0 Å². The van der Waals surface area contributed by atoms with Gasteiger partial charge in [-0.15, -0.1) is 0 Å². The highest BCUT2D eigenvalue weighted by molar-refractivity contribution is 6.74. The summed E-state index contributed by atoms with van der Waals surface area (Å²) in [4.78, 5) is 0. The Morgan fingerprint density at radius 2 is 1.42 bits per heavy atom. The van der Waals surface area contributed by atoms with Gasteiger partial charge in [-0.1, -0.05) is 34.6 Å². The zero-order valence-electron chi connectivity index (χ0n) is 22.7. The summed E-state index contributed by atoms with van der Waals surface area (Å²) in [6, 6.07) is 0. The standard InChI is InChI=1S/C28H50O4Si/c1-25(2,3)33(8,9)32-21-11-10-18-22-19(13-15-28(18,21)7)27(6)14-12-17(29)16-20(27)23-24(22)31-26(4,5)30-23/h17-24,29H,10-16H2,1-9H3/t17-,18?,19?,20?,21+,22?,23-,24-,27-,28+/m1/s1. The Morgan fingerprint density at radius 1 is 0.818 bits per heavy atom. The number of hydrogen-bond donors (Lipinski definition) is 1. The van der Waals surface area contributed by atoms with Gasteiger partial charge in [-0.3, -0.25) is 0 Å². The highest BCUT2D eigenvalue weighted by atomic mass is 28.4. The number of hydrogen-bond acceptors (Lipinski definition) is 4. The lowest BCUT2D eigenvalue weighted by atomic mass is 9.43. The molecule has 5 rings (SSSR count). The fourth-order valence-corrected chi connectivity index (χ4v) is 10.3. The van der Waals surface area contributed by atoms with Crippen LogP contribution in [0.25, 0.3) is 0 Å². The van der Waals surface area contributed by atoms with Crippen LogP contribution in [0.3, 0.4) is 0 Å². The molecule has 5 fully saturated rings. The molecule has 0 amide bonds. The summed E-state index contributed by atoms with van der Waals surface area (Å²) in [5.41, 5.74) is 0.475. The van der Waals surface area contributed by atoms with E-state index in [1.165, 1.54) is 25.7 Å². The van der Waals surface area contributed by atoms with Crippen molar-refractivity contribution in [3.63, 3.8) is 0 Å². The third-order valence-corrected chi connectivity index (χ3v) is 16.2. The maximum absolute atomic E-state index is 10.6. The average molecular weight is 479 g/mol. The van der Waals surface area contributed by atoms with E-state index in [4.69, 9.17) is 13.9 Å². The molecule has 33 heavy (non-hydrogen) atoms. The number of aliphatic hydroxyl groups is 1. The van der Waals surface area contributed by atoms with E-state index in [0.717, 1.165) is 19.3 Å². The predicted molar refractivity (Wildman–Crippen MR) is 134 cm³/mol. The van der Waals surface area contributed by atoms with Crippen LogP contribution < -0.4 is 0 Å². The molecule has 4 aliphatic carbocycles. The van der Waals surface area contributed by atoms with E-state index in [2.05, 4.69) is 61.6 Å². The molecule has 0 radical (unpaired) electrons. The summed E-state index contributed by atoms with van der Waals surface area (Å²) in [5, 5.41) is 10.8. The first-order valence-corrected chi connectivity index (χ1v) is 16.7. The normalized spacial score (nSPS) is 51.5. The molecule has 5 heteroatoms. The van der Waals surface area contributed by atoms with Crippen LogP contribution in [-0.2, 0) is 13.9 Å². The molecule has 0 spiro atoms. The van der Waals surface area contributed by atoms with Crippen LogP contribution in [0.1, 0.15) is 93.4 Å². The van der Waals surface area contributed by atoms with Crippen molar-refractivity contribution < 1.29 is 19.0 Å². The summed E-state index contributed by atoms with van der Waals surface area (Å²) >= 11 is 0. The Labute approximate surface area is 203 Å². The van der Waals surface area contributed by atoms with Crippen molar-refractivity contribution in [2.45, 2.75) is 142 Å². The molecule has 1 aliphatic heterocycles. The van der Waals surface area contributed by atoms with Gasteiger partial charge in [-0.2, -0.15) is 0 Å². The van der Waals surface area contributed by atoms with Gasteiger partial charge in [0.2, 0.25) is 0 Å². The first-order valence-electron chi connectivity index (χ1n) is 13.8. The largest absolute Gasteiger partial charge is 0.413 e. The van der Waals surface area contributed by atoms with Crippen molar-refractivity contribution >= 4 is 8.32 Å². The van der Waals surface area contributed by atoms with E-state index in [-0.39, 0.29) is 34.2 Å². The van der Waals surface area contributed by atoms with Gasteiger partial charge in [0.15, 0.2) is 14.1 Å². The van der Waals surface area contributed by atoms with Crippen molar-refractivity contribution in [3.05, 3.63) is 0 Å². The first-order chi connectivity index (χ1) is 15.1. The zero-order valence-corrected chi connectivity index (χ0v) is 23.7. The number of ether oxygens (including phenoxy) is 2. The Hall–Kier alpha value is 0.0569. The molecule has 0 aromatic rings. The van der Waals surface area contributed by atoms with Crippen LogP contribution in [-0.4, -0.2) is 43.6 Å². The second-order valence-corrected chi connectivity index (χ2v) is 19.6. The second-order valence-electron chi connectivity index (χ2n) is 14.9. The van der Waals surface area contributed by atoms with Gasteiger partial charge in [0, 0.05) is 0 Å². The summed E-state index contributed by atoms with van der Waals surface area (Å²) in [5.74, 6) is 1.72. The molecule has 0 aromatic heterocycles. The van der Waals surface area contributed by atoms with Crippen LogP contribution in [0, 0.1) is 34.5 Å². The molecule has 0 aromatic carbocycles. The summed E-state index contributed by atoms with van der Waals surface area (Å²) in [6.45, 7) is 21.2. The third-order valence-electron chi connectivity index (χ3n) is 11.7. The number of fused-ring (bicyclic) bond motifs is 8. The Morgan fingerprint density at radius 3 is 2.09 bits per heavy atom. The van der Waals surface area contributed by atoms with Crippen LogP contribution in [0.15, 0.2) is 0 Å². The van der Waals surface area contributed by atoms with E-state index < -0.39 is 14.1 Å². The van der Waals surface area contributed by atoms with Crippen molar-refractivity contribution in [1.82, 2.24) is 0 Å². The summed E-state index contributed by atoms with van der Waals surface area (Å²) < 4.78 is 20.6. The lowest BCUT2D eigenvalue weighted by molar-refractivity contribution is -0.191. The van der Waals surface area contributed by atoms with Crippen LogP contribution in [0.5, 0.6) is 0 Å². The lowest BCUT2D eigenvalue weighted by Gasteiger charge is -2.63. The van der Waals surface area contributed by atoms with Gasteiger partial charge in [-0.05, 0) is 111 Å². The van der Waals surface area contributed by atoms with Crippen molar-refractivity contribution in [2.75, 3.05) is 0 Å². The maximum Gasteiger partial charge on any atom is 0.192 e. The average Bonchev–Trinajstić information content (AvgIpc) is 3.18. The smallest absolute Gasteiger partial charge is 0.192 e. The molecule has 1 heterocycles. The van der Waals surface area contributed by atoms with Gasteiger partial charge in [-0.25, -0.2) is 0 Å². The van der Waals surface area contributed by atoms with Gasteiger partial charge >= 0.3 is 0 Å². The minimum atomic E-state index is -1.82. The summed E-state index contributed by atoms with van der Waals surface area (Å²) in [6.07, 6.45) is 8.39. The van der Waals surface area contributed by atoms with Gasteiger partial charge in [0.1, 0.15) is 0 Å². The van der Waals surface area contributed by atoms with E-state index in [9.17, 15) is 5.11 Å². The molecular formula is C28H50O4Si. The molecule has 1 N–H and O–H groups in total. The predicted octanol–water partition coefficient (Wildman–Crippen LogP) is 6.52. The maximum atomic E-state index is 10.6. The fourth-order valence-electron chi connectivity index (χ4n) is 8.84. The van der Waals surface area contributed by atoms with Gasteiger partial charge < -0.3 is 19.0 Å². The molecule has 0 bridgehead atoms. The molecule has 5 aliphatic rings. The number of rotatable bonds is 2. The van der Waals surface area contributed by atoms with E-state index in [0.29, 0.717) is 29.8 Å². The molecular weight excluding hydrogens is 428 g/mol. The minimum absolute atomic E-state index is 0.115. The SMILES string of the molecule is CC1(C)O[C@@H]2C3C(CC[C@@]4(C)C3CC[C@@H]4O[Si](C)(C)C(C)(C)C)[C@@]3(C)CC[C@@H](O)CC3[C@H]2O1. The second kappa shape index (κ2) is 7.54. The molecule has 4 unspecified atom stereocenters. The molecule has 4 nitrogen and oxygen atoms in total. The van der Waals surface area contributed by atoms with Crippen molar-refractivity contribution in [2.24, 2.45) is 34.5 Å². The van der Waals surface area contributed by atoms with Gasteiger partial charge in [0.05, 0.1) is 24.4 Å². The lowest BCUT2D eigenvalue weighted by Crippen LogP contribution is -2.63. The van der Waals surface area contributed by atoms with Crippen molar-refractivity contribution in [3.8, 4) is 0 Å². The van der Waals surface area contributed by atoms with Crippen LogP contribution in [0.2, 0.25) is 18.1 Å². The minimum Gasteiger partial charge on any atom is -0.413 e. The van der Waals surface area contributed by atoms with Crippen LogP contribution in [0.4, 0.5) is 0 Å². The van der Waals surface area contributed by atoms with Crippen molar-refractivity contribution in [1.29, 1.82) is 0 Å². The zero-order chi connectivity index (χ0) is 24.2. The Kier molecular flexibility index (Phi) is 5.65. The molecule has 190 valence electrons. The highest BCUT2D eigenvalue weighted by Gasteiger charge is 2.69.